The van der Waals surface area contributed by atoms with Gasteiger partial charge in [-0.25, -0.2) is 0 Å². The average Bonchev–Trinajstić information content (AvgIpc) is 2.50. The van der Waals surface area contributed by atoms with Gasteiger partial charge < -0.3 is 5.32 Å². The van der Waals surface area contributed by atoms with Crippen molar-refractivity contribution in [2.24, 2.45) is 0 Å². The summed E-state index contributed by atoms with van der Waals surface area (Å²) in [7, 11) is 0. The number of nitrogens with one attached hydrogen (secondary N) is 1. The van der Waals surface area contributed by atoms with Crippen molar-refractivity contribution in [3.8, 4) is 0 Å². The highest BCUT2D eigenvalue weighted by molar-refractivity contribution is 5.23. The second kappa shape index (κ2) is 7.42. The summed E-state index contributed by atoms with van der Waals surface area (Å²) in [6, 6.07) is 9.53. The molecule has 0 aromatic heterocycles. The van der Waals surface area contributed by atoms with Crippen LogP contribution in [0.2, 0.25) is 0 Å². The minimum absolute atomic E-state index is 0.210. The van der Waals surface area contributed by atoms with Crippen molar-refractivity contribution in [2.45, 2.75) is 65.0 Å². The Hall–Kier alpha value is -0.860. The Labute approximate surface area is 130 Å². The van der Waals surface area contributed by atoms with E-state index in [1.165, 1.54) is 43.5 Å². The van der Waals surface area contributed by atoms with Gasteiger partial charge in [0, 0.05) is 11.6 Å². The zero-order valence-electron chi connectivity index (χ0n) is 14.3. The lowest BCUT2D eigenvalue weighted by atomic mass is 9.86. The van der Waals surface area contributed by atoms with E-state index >= 15 is 0 Å². The standard InChI is InChI=1S/C19H32N2/c1-5-20-18(15-17-11-9-16(2)10-12-17)19(3,4)21-13-7-6-8-14-21/h9-12,18,20H,5-8,13-15H2,1-4H3. The topological polar surface area (TPSA) is 15.3 Å². The van der Waals surface area contributed by atoms with Crippen LogP contribution in [0, 0.1) is 6.92 Å². The van der Waals surface area contributed by atoms with Gasteiger partial charge in [-0.1, -0.05) is 43.2 Å². The Bertz CT molecular complexity index is 416. The highest BCUT2D eigenvalue weighted by atomic mass is 15.2. The van der Waals surface area contributed by atoms with Crippen LogP contribution in [-0.4, -0.2) is 36.1 Å². The van der Waals surface area contributed by atoms with Crippen LogP contribution in [0.15, 0.2) is 24.3 Å². The number of benzene rings is 1. The third kappa shape index (κ3) is 4.31. The molecule has 1 aliphatic rings. The number of likely N-dealkylation sites (N-methyl/N-ethyl adjacent to an activating group) is 1. The maximum absolute atomic E-state index is 3.74. The number of likely N-dealkylation sites (tertiary alicyclic amines) is 1. The molecule has 0 aliphatic carbocycles. The first-order chi connectivity index (χ1) is 10.0. The van der Waals surface area contributed by atoms with E-state index in [1.54, 1.807) is 0 Å². The summed E-state index contributed by atoms with van der Waals surface area (Å²) in [6.07, 6.45) is 5.22. The lowest BCUT2D eigenvalue weighted by molar-refractivity contribution is 0.0616. The van der Waals surface area contributed by atoms with Crippen molar-refractivity contribution in [1.82, 2.24) is 10.2 Å². The number of rotatable bonds is 6. The van der Waals surface area contributed by atoms with Crippen LogP contribution in [0.3, 0.4) is 0 Å². The number of hydrogen-bond donors (Lipinski definition) is 1. The molecule has 1 saturated heterocycles. The zero-order valence-corrected chi connectivity index (χ0v) is 14.3. The van der Waals surface area contributed by atoms with Gasteiger partial charge >= 0.3 is 0 Å². The molecule has 1 aromatic carbocycles. The van der Waals surface area contributed by atoms with Crippen LogP contribution >= 0.6 is 0 Å². The molecule has 2 nitrogen and oxygen atoms in total. The van der Waals surface area contributed by atoms with Crippen molar-refractivity contribution in [1.29, 1.82) is 0 Å². The maximum atomic E-state index is 3.74. The molecule has 1 aliphatic heterocycles. The highest BCUT2D eigenvalue weighted by Gasteiger charge is 2.35. The van der Waals surface area contributed by atoms with E-state index in [4.69, 9.17) is 0 Å². The van der Waals surface area contributed by atoms with Crippen molar-refractivity contribution >= 4 is 0 Å². The van der Waals surface area contributed by atoms with Crippen LogP contribution in [0.1, 0.15) is 51.2 Å². The molecule has 0 spiro atoms. The largest absolute Gasteiger partial charge is 0.312 e. The van der Waals surface area contributed by atoms with E-state index in [2.05, 4.69) is 62.2 Å². The zero-order chi connectivity index (χ0) is 15.3. The first-order valence-electron chi connectivity index (χ1n) is 8.58. The Balaban J connectivity index is 2.10. The summed E-state index contributed by atoms with van der Waals surface area (Å²) in [5, 5.41) is 3.74. The first-order valence-corrected chi connectivity index (χ1v) is 8.58. The van der Waals surface area contributed by atoms with Gasteiger partial charge in [-0.3, -0.25) is 4.90 Å². The SMILES string of the molecule is CCNC(Cc1ccc(C)cc1)C(C)(C)N1CCCCC1. The molecule has 1 atom stereocenters. The van der Waals surface area contributed by atoms with E-state index in [1.807, 2.05) is 0 Å². The molecule has 1 fully saturated rings. The third-order valence-electron chi connectivity index (χ3n) is 5.03. The molecule has 0 saturated carbocycles. The van der Waals surface area contributed by atoms with Crippen molar-refractivity contribution in [3.05, 3.63) is 35.4 Å². The van der Waals surface area contributed by atoms with Gasteiger partial charge in [0.15, 0.2) is 0 Å². The van der Waals surface area contributed by atoms with Crippen LogP contribution < -0.4 is 5.32 Å². The fourth-order valence-corrected chi connectivity index (χ4v) is 3.47. The number of hydrogen-bond acceptors (Lipinski definition) is 2. The normalized spacial score (nSPS) is 18.7. The molecular weight excluding hydrogens is 256 g/mol. The van der Waals surface area contributed by atoms with E-state index in [9.17, 15) is 0 Å². The van der Waals surface area contributed by atoms with Crippen molar-refractivity contribution < 1.29 is 0 Å². The summed E-state index contributed by atoms with van der Waals surface area (Å²) < 4.78 is 0. The van der Waals surface area contributed by atoms with Crippen LogP contribution in [0.4, 0.5) is 0 Å². The smallest absolute Gasteiger partial charge is 0.0309 e. The predicted octanol–water partition coefficient (Wildman–Crippen LogP) is 3.78. The summed E-state index contributed by atoms with van der Waals surface area (Å²) in [5.41, 5.74) is 2.99. The van der Waals surface area contributed by atoms with Gasteiger partial charge in [-0.05, 0) is 65.2 Å². The summed E-state index contributed by atoms with van der Waals surface area (Å²) in [4.78, 5) is 2.69. The van der Waals surface area contributed by atoms with Gasteiger partial charge in [-0.15, -0.1) is 0 Å². The molecule has 1 N–H and O–H groups in total. The van der Waals surface area contributed by atoms with E-state index < -0.39 is 0 Å². The van der Waals surface area contributed by atoms with Crippen LogP contribution in [0.5, 0.6) is 0 Å². The average molecular weight is 288 g/mol. The molecular formula is C19H32N2. The van der Waals surface area contributed by atoms with E-state index in [0.717, 1.165) is 13.0 Å². The Morgan fingerprint density at radius 1 is 1.10 bits per heavy atom. The fourth-order valence-electron chi connectivity index (χ4n) is 3.47. The van der Waals surface area contributed by atoms with Crippen molar-refractivity contribution in [3.63, 3.8) is 0 Å². The van der Waals surface area contributed by atoms with E-state index in [0.29, 0.717) is 6.04 Å². The molecule has 1 heterocycles. The number of aryl methyl sites for hydroxylation is 1. The van der Waals surface area contributed by atoms with E-state index in [-0.39, 0.29) is 5.54 Å². The molecule has 21 heavy (non-hydrogen) atoms. The van der Waals surface area contributed by atoms with Gasteiger partial charge in [0.05, 0.1) is 0 Å². The molecule has 1 aromatic rings. The third-order valence-corrected chi connectivity index (χ3v) is 5.03. The van der Waals surface area contributed by atoms with Gasteiger partial charge in [0.2, 0.25) is 0 Å². The number of nitrogens with zero attached hydrogens (tertiary/aromatic N) is 1. The highest BCUT2D eigenvalue weighted by Crippen LogP contribution is 2.26. The second-order valence-corrected chi connectivity index (χ2v) is 7.00. The Morgan fingerprint density at radius 2 is 1.71 bits per heavy atom. The molecule has 2 heteroatoms. The molecule has 118 valence electrons. The predicted molar refractivity (Wildman–Crippen MR) is 91.9 cm³/mol. The van der Waals surface area contributed by atoms with Gasteiger partial charge in [0.25, 0.3) is 0 Å². The molecule has 0 amide bonds. The molecule has 2 rings (SSSR count). The summed E-state index contributed by atoms with van der Waals surface area (Å²) in [5.74, 6) is 0. The van der Waals surface area contributed by atoms with Crippen LogP contribution in [0.25, 0.3) is 0 Å². The molecule has 0 radical (unpaired) electrons. The Kier molecular flexibility index (Phi) is 5.83. The lowest BCUT2D eigenvalue weighted by Crippen LogP contribution is -2.59. The maximum Gasteiger partial charge on any atom is 0.0309 e. The first kappa shape index (κ1) is 16.5. The summed E-state index contributed by atoms with van der Waals surface area (Å²) >= 11 is 0. The summed E-state index contributed by atoms with van der Waals surface area (Å²) in [6.45, 7) is 12.7. The quantitative estimate of drug-likeness (QED) is 0.857. The minimum Gasteiger partial charge on any atom is -0.312 e. The molecule has 1 unspecified atom stereocenters. The monoisotopic (exact) mass is 288 g/mol. The van der Waals surface area contributed by atoms with Gasteiger partial charge in [0.1, 0.15) is 0 Å². The van der Waals surface area contributed by atoms with Gasteiger partial charge in [-0.2, -0.15) is 0 Å². The fraction of sp³-hybridized carbons (Fsp3) is 0.684. The second-order valence-electron chi connectivity index (χ2n) is 7.00. The molecule has 0 bridgehead atoms. The van der Waals surface area contributed by atoms with Crippen molar-refractivity contribution in [2.75, 3.05) is 19.6 Å². The van der Waals surface area contributed by atoms with Crippen LogP contribution in [-0.2, 0) is 6.42 Å². The number of piperidine rings is 1. The Morgan fingerprint density at radius 3 is 2.29 bits per heavy atom. The minimum atomic E-state index is 0.210. The lowest BCUT2D eigenvalue weighted by Gasteiger charge is -2.46.